The van der Waals surface area contributed by atoms with E-state index in [1.54, 1.807) is 9.80 Å². The number of amides is 2. The Morgan fingerprint density at radius 2 is 1.59 bits per heavy atom. The number of benzene rings is 1. The Balaban J connectivity index is 1.43. The molecule has 29 heavy (non-hydrogen) atoms. The fourth-order valence-corrected chi connectivity index (χ4v) is 5.25. The first-order valence-electron chi connectivity index (χ1n) is 10.8. The Kier molecular flexibility index (Phi) is 5.88. The van der Waals surface area contributed by atoms with Crippen molar-refractivity contribution in [3.8, 4) is 0 Å². The molecule has 1 unspecified atom stereocenters. The second kappa shape index (κ2) is 8.56. The maximum Gasteiger partial charge on any atom is 0.328 e. The lowest BCUT2D eigenvalue weighted by molar-refractivity contribution is -0.155. The van der Waals surface area contributed by atoms with Gasteiger partial charge in [0.2, 0.25) is 11.8 Å². The molecule has 1 aliphatic carbocycles. The zero-order valence-electron chi connectivity index (χ0n) is 17.1. The summed E-state index contributed by atoms with van der Waals surface area (Å²) in [6, 6.07) is 7.45. The molecule has 2 amide bonds. The highest BCUT2D eigenvalue weighted by atomic mass is 16.5. The van der Waals surface area contributed by atoms with Gasteiger partial charge in [-0.2, -0.15) is 0 Å². The lowest BCUT2D eigenvalue weighted by Gasteiger charge is -2.38. The minimum atomic E-state index is -0.504. The third kappa shape index (κ3) is 4.02. The highest BCUT2D eigenvalue weighted by Gasteiger charge is 2.41. The molecule has 2 fully saturated rings. The summed E-state index contributed by atoms with van der Waals surface area (Å²) >= 11 is 0. The summed E-state index contributed by atoms with van der Waals surface area (Å²) in [5, 5.41) is 0. The quantitative estimate of drug-likeness (QED) is 0.730. The van der Waals surface area contributed by atoms with Gasteiger partial charge in [-0.3, -0.25) is 9.59 Å². The third-order valence-electron chi connectivity index (χ3n) is 6.72. The molecule has 0 radical (unpaired) electrons. The largest absolute Gasteiger partial charge is 0.467 e. The van der Waals surface area contributed by atoms with Gasteiger partial charge in [0, 0.05) is 19.5 Å². The van der Waals surface area contributed by atoms with Crippen molar-refractivity contribution < 1.29 is 19.1 Å². The number of carbonyl (C=O) groups is 3. The summed E-state index contributed by atoms with van der Waals surface area (Å²) in [5.74, 6) is -0.0456. The number of fused-ring (bicyclic) bond motifs is 1. The Morgan fingerprint density at radius 3 is 2.28 bits per heavy atom. The highest BCUT2D eigenvalue weighted by molar-refractivity contribution is 5.91. The molecule has 1 aromatic carbocycles. The molecular weight excluding hydrogens is 368 g/mol. The summed E-state index contributed by atoms with van der Waals surface area (Å²) < 4.78 is 4.88. The number of esters is 1. The number of methoxy groups -OCH3 is 1. The van der Waals surface area contributed by atoms with Crippen LogP contribution in [-0.2, 0) is 32.0 Å². The summed E-state index contributed by atoms with van der Waals surface area (Å²) in [5.41, 5.74) is 2.68. The van der Waals surface area contributed by atoms with Crippen molar-refractivity contribution in [2.24, 2.45) is 5.92 Å². The van der Waals surface area contributed by atoms with E-state index in [4.69, 9.17) is 4.74 Å². The van der Waals surface area contributed by atoms with Crippen molar-refractivity contribution in [1.82, 2.24) is 9.80 Å². The van der Waals surface area contributed by atoms with Crippen LogP contribution in [0.15, 0.2) is 24.3 Å². The number of likely N-dealkylation sites (tertiary alicyclic amines) is 2. The average Bonchev–Trinajstić information content (AvgIpc) is 3.39. The van der Waals surface area contributed by atoms with E-state index in [2.05, 4.69) is 24.3 Å². The van der Waals surface area contributed by atoms with E-state index in [-0.39, 0.29) is 17.8 Å². The van der Waals surface area contributed by atoms with Crippen LogP contribution in [0.25, 0.3) is 0 Å². The van der Waals surface area contributed by atoms with Gasteiger partial charge in [0.15, 0.2) is 0 Å². The van der Waals surface area contributed by atoms with Gasteiger partial charge in [0.25, 0.3) is 0 Å². The van der Waals surface area contributed by atoms with E-state index in [0.29, 0.717) is 38.3 Å². The van der Waals surface area contributed by atoms with Crippen LogP contribution < -0.4 is 0 Å². The molecule has 0 N–H and O–H groups in total. The van der Waals surface area contributed by atoms with Crippen LogP contribution in [-0.4, -0.2) is 59.9 Å². The van der Waals surface area contributed by atoms with Gasteiger partial charge in [-0.05, 0) is 62.0 Å². The number of hydrogen-bond donors (Lipinski definition) is 0. The Morgan fingerprint density at radius 1 is 0.931 bits per heavy atom. The molecule has 6 nitrogen and oxygen atoms in total. The van der Waals surface area contributed by atoms with Crippen LogP contribution in [0.5, 0.6) is 0 Å². The van der Waals surface area contributed by atoms with Crippen LogP contribution in [0.1, 0.15) is 49.7 Å². The molecule has 2 atom stereocenters. The maximum absolute atomic E-state index is 13.3. The first-order valence-corrected chi connectivity index (χ1v) is 10.8. The zero-order valence-corrected chi connectivity index (χ0v) is 17.1. The van der Waals surface area contributed by atoms with Crippen molar-refractivity contribution in [3.05, 3.63) is 35.4 Å². The number of nitrogens with zero attached hydrogens (tertiary/aromatic N) is 2. The normalized spacial score (nSPS) is 24.4. The van der Waals surface area contributed by atoms with Crippen LogP contribution in [0.4, 0.5) is 0 Å². The van der Waals surface area contributed by atoms with Crippen LogP contribution >= 0.6 is 0 Å². The number of ether oxygens (including phenoxy) is 1. The monoisotopic (exact) mass is 398 g/mol. The molecule has 0 spiro atoms. The Hall–Kier alpha value is -2.37. The molecule has 2 heterocycles. The van der Waals surface area contributed by atoms with Gasteiger partial charge in [0.1, 0.15) is 12.1 Å². The van der Waals surface area contributed by atoms with Crippen LogP contribution in [0.2, 0.25) is 0 Å². The second-order valence-corrected chi connectivity index (χ2v) is 8.56. The van der Waals surface area contributed by atoms with E-state index in [1.165, 1.54) is 18.2 Å². The summed E-state index contributed by atoms with van der Waals surface area (Å²) in [4.78, 5) is 42.0. The van der Waals surface area contributed by atoms with E-state index in [0.717, 1.165) is 32.1 Å². The predicted octanol–water partition coefficient (Wildman–Crippen LogP) is 2.34. The summed E-state index contributed by atoms with van der Waals surface area (Å²) in [6.07, 6.45) is 6.34. The maximum atomic E-state index is 13.3. The van der Waals surface area contributed by atoms with E-state index in [1.807, 2.05) is 0 Å². The van der Waals surface area contributed by atoms with Gasteiger partial charge < -0.3 is 14.5 Å². The number of rotatable bonds is 4. The zero-order chi connectivity index (χ0) is 20.4. The van der Waals surface area contributed by atoms with Gasteiger partial charge in [-0.25, -0.2) is 4.79 Å². The van der Waals surface area contributed by atoms with Crippen molar-refractivity contribution >= 4 is 17.8 Å². The van der Waals surface area contributed by atoms with Gasteiger partial charge >= 0.3 is 5.97 Å². The topological polar surface area (TPSA) is 66.9 Å². The lowest BCUT2D eigenvalue weighted by atomic mass is 9.96. The van der Waals surface area contributed by atoms with Crippen molar-refractivity contribution in [2.45, 2.75) is 63.5 Å². The van der Waals surface area contributed by atoms with Crippen molar-refractivity contribution in [3.63, 3.8) is 0 Å². The van der Waals surface area contributed by atoms with Gasteiger partial charge in [-0.15, -0.1) is 0 Å². The van der Waals surface area contributed by atoms with Crippen molar-refractivity contribution in [2.75, 3.05) is 20.2 Å². The van der Waals surface area contributed by atoms with Gasteiger partial charge in [-0.1, -0.05) is 24.3 Å². The smallest absolute Gasteiger partial charge is 0.328 e. The molecule has 156 valence electrons. The van der Waals surface area contributed by atoms with Gasteiger partial charge in [0.05, 0.1) is 7.11 Å². The van der Waals surface area contributed by atoms with E-state index in [9.17, 15) is 14.4 Å². The van der Waals surface area contributed by atoms with Crippen LogP contribution in [0.3, 0.4) is 0 Å². The fourth-order valence-electron chi connectivity index (χ4n) is 5.25. The summed E-state index contributed by atoms with van der Waals surface area (Å²) in [7, 11) is 1.36. The molecule has 0 aromatic heterocycles. The lowest BCUT2D eigenvalue weighted by Crippen LogP contribution is -2.55. The first-order chi connectivity index (χ1) is 14.1. The third-order valence-corrected chi connectivity index (χ3v) is 6.72. The molecule has 2 saturated heterocycles. The second-order valence-electron chi connectivity index (χ2n) is 8.56. The molecule has 2 aliphatic heterocycles. The highest BCUT2D eigenvalue weighted by Crippen LogP contribution is 2.31. The molecule has 1 aromatic rings. The average molecular weight is 399 g/mol. The fraction of sp³-hybridized carbons (Fsp3) is 0.609. The first kappa shape index (κ1) is 19.9. The predicted molar refractivity (Wildman–Crippen MR) is 108 cm³/mol. The molecular formula is C23H30N2O4. The number of carbonyl (C=O) groups excluding carboxylic acids is 3. The van der Waals surface area contributed by atoms with Crippen molar-refractivity contribution in [1.29, 1.82) is 0 Å². The van der Waals surface area contributed by atoms with E-state index >= 15 is 0 Å². The summed E-state index contributed by atoms with van der Waals surface area (Å²) in [6.45, 7) is 1.20. The Bertz CT molecular complexity index is 768. The molecule has 0 bridgehead atoms. The minimum absolute atomic E-state index is 0.0784. The SMILES string of the molecule is COC(=O)[C@@H]1CCCN1C(=O)C1CCCCN1C(=O)CC1Cc2ccccc2C1. The molecule has 4 rings (SSSR count). The molecule has 3 aliphatic rings. The molecule has 6 heteroatoms. The Labute approximate surface area is 172 Å². The number of hydrogen-bond acceptors (Lipinski definition) is 4. The molecule has 0 saturated carbocycles. The minimum Gasteiger partial charge on any atom is -0.467 e. The van der Waals surface area contributed by atoms with E-state index < -0.39 is 12.1 Å². The standard InChI is InChI=1S/C23H30N2O4/c1-29-23(28)20-10-6-12-25(20)22(27)19-9-4-5-11-24(19)21(26)15-16-13-17-7-2-3-8-18(17)14-16/h2-3,7-8,16,19-20H,4-6,9-15H2,1H3/t19?,20-/m0/s1. The van der Waals surface area contributed by atoms with Crippen LogP contribution in [0, 0.1) is 5.92 Å². The number of piperidine rings is 1.